The number of hydrogen-bond acceptors (Lipinski definition) is 5. The SMILES string of the molecule is Cc1nn(-c2ccccc2)c(COC(=O)c2ccc3nc(Cl)ccc3c2)c1C#N. The van der Waals surface area contributed by atoms with Crippen molar-refractivity contribution in [3.63, 3.8) is 0 Å². The fraction of sp³-hybridized carbons (Fsp3) is 0.0909. The van der Waals surface area contributed by atoms with Crippen LogP contribution in [0.1, 0.15) is 27.3 Å². The second kappa shape index (κ2) is 7.74. The predicted octanol–water partition coefficient (Wildman–Crippen LogP) is 4.61. The molecule has 0 amide bonds. The molecule has 0 unspecified atom stereocenters. The number of ether oxygens (including phenoxy) is 1. The topological polar surface area (TPSA) is 80.8 Å². The summed E-state index contributed by atoms with van der Waals surface area (Å²) in [6.45, 7) is 1.68. The van der Waals surface area contributed by atoms with Gasteiger partial charge in [-0.05, 0) is 49.4 Å². The van der Waals surface area contributed by atoms with E-state index in [2.05, 4.69) is 16.2 Å². The van der Waals surface area contributed by atoms with Crippen molar-refractivity contribution in [2.75, 3.05) is 0 Å². The summed E-state index contributed by atoms with van der Waals surface area (Å²) in [6, 6.07) is 20.1. The largest absolute Gasteiger partial charge is 0.456 e. The van der Waals surface area contributed by atoms with E-state index in [0.717, 1.165) is 11.1 Å². The predicted molar refractivity (Wildman–Crippen MR) is 109 cm³/mol. The second-order valence-corrected chi connectivity index (χ2v) is 6.77. The summed E-state index contributed by atoms with van der Waals surface area (Å²) >= 11 is 5.90. The molecule has 0 aliphatic carbocycles. The zero-order valence-corrected chi connectivity index (χ0v) is 16.2. The number of nitrogens with zero attached hydrogens (tertiary/aromatic N) is 4. The first-order valence-electron chi connectivity index (χ1n) is 8.84. The Balaban J connectivity index is 1.61. The van der Waals surface area contributed by atoms with Crippen molar-refractivity contribution in [1.29, 1.82) is 5.26 Å². The molecule has 6 nitrogen and oxygen atoms in total. The smallest absolute Gasteiger partial charge is 0.338 e. The number of aromatic nitrogens is 3. The van der Waals surface area contributed by atoms with Crippen LogP contribution >= 0.6 is 11.6 Å². The zero-order chi connectivity index (χ0) is 20.4. The summed E-state index contributed by atoms with van der Waals surface area (Å²) in [7, 11) is 0. The Bertz CT molecular complexity index is 1260. The molecule has 4 rings (SSSR count). The van der Waals surface area contributed by atoms with Gasteiger partial charge in [-0.15, -0.1) is 0 Å². The minimum Gasteiger partial charge on any atom is -0.456 e. The van der Waals surface area contributed by atoms with E-state index in [4.69, 9.17) is 16.3 Å². The number of pyridine rings is 1. The van der Waals surface area contributed by atoms with Crippen LogP contribution in [0.25, 0.3) is 16.6 Å². The maximum absolute atomic E-state index is 12.6. The number of rotatable bonds is 4. The van der Waals surface area contributed by atoms with E-state index in [1.54, 1.807) is 41.9 Å². The van der Waals surface area contributed by atoms with Crippen LogP contribution in [0.2, 0.25) is 5.15 Å². The van der Waals surface area contributed by atoms with E-state index in [0.29, 0.717) is 33.2 Å². The maximum Gasteiger partial charge on any atom is 0.338 e. The molecule has 4 aromatic rings. The highest BCUT2D eigenvalue weighted by atomic mass is 35.5. The quantitative estimate of drug-likeness (QED) is 0.367. The van der Waals surface area contributed by atoms with E-state index in [-0.39, 0.29) is 6.61 Å². The third kappa shape index (κ3) is 3.68. The van der Waals surface area contributed by atoms with Crippen molar-refractivity contribution in [2.24, 2.45) is 0 Å². The number of aryl methyl sites for hydroxylation is 1. The standard InChI is InChI=1S/C22H15ClN4O2/c1-14-18(12-24)20(27(26-14)17-5-3-2-4-6-17)13-29-22(28)16-7-9-19-15(11-16)8-10-21(23)25-19/h2-11H,13H2,1H3. The summed E-state index contributed by atoms with van der Waals surface area (Å²) < 4.78 is 7.14. The highest BCUT2D eigenvalue weighted by Crippen LogP contribution is 2.21. The van der Waals surface area contributed by atoms with E-state index in [1.165, 1.54) is 0 Å². The number of benzene rings is 2. The average Bonchev–Trinajstić information content (AvgIpc) is 3.07. The van der Waals surface area contributed by atoms with E-state index in [9.17, 15) is 10.1 Å². The lowest BCUT2D eigenvalue weighted by molar-refractivity contribution is 0.0465. The number of para-hydroxylation sites is 1. The van der Waals surface area contributed by atoms with Crippen LogP contribution in [-0.2, 0) is 11.3 Å². The van der Waals surface area contributed by atoms with Crippen LogP contribution in [0, 0.1) is 18.3 Å². The van der Waals surface area contributed by atoms with Gasteiger partial charge in [-0.3, -0.25) is 0 Å². The fourth-order valence-electron chi connectivity index (χ4n) is 3.08. The number of hydrogen-bond donors (Lipinski definition) is 0. The van der Waals surface area contributed by atoms with Gasteiger partial charge in [0.1, 0.15) is 23.4 Å². The molecule has 0 saturated heterocycles. The Morgan fingerprint density at radius 3 is 2.72 bits per heavy atom. The van der Waals surface area contributed by atoms with Crippen molar-refractivity contribution >= 4 is 28.5 Å². The van der Waals surface area contributed by atoms with Crippen molar-refractivity contribution in [3.05, 3.63) is 88.3 Å². The van der Waals surface area contributed by atoms with Gasteiger partial charge in [0.15, 0.2) is 0 Å². The Morgan fingerprint density at radius 2 is 1.97 bits per heavy atom. The molecular weight excluding hydrogens is 388 g/mol. The number of carbonyl (C=O) groups is 1. The van der Waals surface area contributed by atoms with Crippen LogP contribution < -0.4 is 0 Å². The summed E-state index contributed by atoms with van der Waals surface area (Å²) in [4.78, 5) is 16.8. The second-order valence-electron chi connectivity index (χ2n) is 6.38. The van der Waals surface area contributed by atoms with Gasteiger partial charge in [-0.2, -0.15) is 10.4 Å². The van der Waals surface area contributed by atoms with Gasteiger partial charge < -0.3 is 4.74 Å². The molecule has 0 radical (unpaired) electrons. The minimum atomic E-state index is -0.496. The van der Waals surface area contributed by atoms with Crippen molar-refractivity contribution in [2.45, 2.75) is 13.5 Å². The van der Waals surface area contributed by atoms with E-state index in [1.807, 2.05) is 30.3 Å². The van der Waals surface area contributed by atoms with E-state index < -0.39 is 5.97 Å². The summed E-state index contributed by atoms with van der Waals surface area (Å²) in [6.07, 6.45) is 0. The van der Waals surface area contributed by atoms with Crippen molar-refractivity contribution in [1.82, 2.24) is 14.8 Å². The van der Waals surface area contributed by atoms with Gasteiger partial charge in [-0.25, -0.2) is 14.5 Å². The number of esters is 1. The highest BCUT2D eigenvalue weighted by molar-refractivity contribution is 6.29. The van der Waals surface area contributed by atoms with Gasteiger partial charge in [-0.1, -0.05) is 29.8 Å². The number of fused-ring (bicyclic) bond motifs is 1. The molecule has 0 aliphatic heterocycles. The van der Waals surface area contributed by atoms with Crippen molar-refractivity contribution < 1.29 is 9.53 Å². The molecule has 7 heteroatoms. The molecule has 2 aromatic carbocycles. The van der Waals surface area contributed by atoms with E-state index >= 15 is 0 Å². The van der Waals surface area contributed by atoms with Crippen LogP contribution in [-0.4, -0.2) is 20.7 Å². The van der Waals surface area contributed by atoms with Gasteiger partial charge in [0.25, 0.3) is 0 Å². The van der Waals surface area contributed by atoms with Gasteiger partial charge in [0.05, 0.1) is 28.2 Å². The number of halogens is 1. The first-order valence-corrected chi connectivity index (χ1v) is 9.22. The first-order chi connectivity index (χ1) is 14.1. The lowest BCUT2D eigenvalue weighted by Gasteiger charge is -2.09. The Hall–Kier alpha value is -3.69. The molecular formula is C22H15ClN4O2. The fourth-order valence-corrected chi connectivity index (χ4v) is 3.24. The van der Waals surface area contributed by atoms with Gasteiger partial charge in [0.2, 0.25) is 0 Å². The molecule has 0 atom stereocenters. The normalized spacial score (nSPS) is 10.7. The van der Waals surface area contributed by atoms with Crippen LogP contribution in [0.4, 0.5) is 0 Å². The molecule has 2 aromatic heterocycles. The Morgan fingerprint density at radius 1 is 1.17 bits per heavy atom. The molecule has 0 saturated carbocycles. The molecule has 2 heterocycles. The third-order valence-electron chi connectivity index (χ3n) is 4.50. The summed E-state index contributed by atoms with van der Waals surface area (Å²) in [5.41, 5.74) is 3.38. The Kier molecular flexibility index (Phi) is 4.98. The summed E-state index contributed by atoms with van der Waals surface area (Å²) in [5.74, 6) is -0.496. The molecule has 142 valence electrons. The van der Waals surface area contributed by atoms with Crippen molar-refractivity contribution in [3.8, 4) is 11.8 Å². The monoisotopic (exact) mass is 402 g/mol. The summed E-state index contributed by atoms with van der Waals surface area (Å²) in [5, 5.41) is 15.1. The molecule has 0 fully saturated rings. The van der Waals surface area contributed by atoms with Crippen LogP contribution in [0.15, 0.2) is 60.7 Å². The van der Waals surface area contributed by atoms with Crippen LogP contribution in [0.5, 0.6) is 0 Å². The molecule has 0 N–H and O–H groups in total. The Labute approximate surface area is 171 Å². The maximum atomic E-state index is 12.6. The zero-order valence-electron chi connectivity index (χ0n) is 15.5. The van der Waals surface area contributed by atoms with Gasteiger partial charge in [0, 0.05) is 5.39 Å². The molecule has 29 heavy (non-hydrogen) atoms. The number of nitriles is 1. The number of carbonyl (C=O) groups excluding carboxylic acids is 1. The van der Waals surface area contributed by atoms with Crippen LogP contribution in [0.3, 0.4) is 0 Å². The molecule has 0 bridgehead atoms. The molecule has 0 spiro atoms. The lowest BCUT2D eigenvalue weighted by Crippen LogP contribution is -2.10. The average molecular weight is 403 g/mol. The molecule has 0 aliphatic rings. The third-order valence-corrected chi connectivity index (χ3v) is 4.71. The lowest BCUT2D eigenvalue weighted by atomic mass is 10.1. The minimum absolute atomic E-state index is 0.0750. The first kappa shape index (κ1) is 18.7. The van der Waals surface area contributed by atoms with Gasteiger partial charge >= 0.3 is 5.97 Å². The highest BCUT2D eigenvalue weighted by Gasteiger charge is 2.18.